The van der Waals surface area contributed by atoms with Crippen LogP contribution in [0.25, 0.3) is 0 Å². The Morgan fingerprint density at radius 3 is 3.04 bits per heavy atom. The molecule has 2 aromatic rings. The van der Waals surface area contributed by atoms with Gasteiger partial charge in [-0.15, -0.1) is 11.3 Å². The lowest BCUT2D eigenvalue weighted by molar-refractivity contribution is -0.135. The maximum atomic E-state index is 12.9. The highest BCUT2D eigenvalue weighted by Gasteiger charge is 2.35. The molecule has 1 unspecified atom stereocenters. The fourth-order valence-electron chi connectivity index (χ4n) is 3.69. The third-order valence-electron chi connectivity index (χ3n) is 5.30. The highest BCUT2D eigenvalue weighted by atomic mass is 32.1. The van der Waals surface area contributed by atoms with Gasteiger partial charge >= 0.3 is 0 Å². The average Bonchev–Trinajstić information content (AvgIpc) is 3.06. The molecular formula is C17H20N4OS2. The number of anilines is 1. The Balaban J connectivity index is 1.24. The molecule has 7 heteroatoms. The molecule has 2 fully saturated rings. The minimum absolute atomic E-state index is 0.110. The fourth-order valence-corrected chi connectivity index (χ4v) is 5.36. The van der Waals surface area contributed by atoms with Crippen molar-refractivity contribution in [2.24, 2.45) is 5.92 Å². The normalized spacial score (nSPS) is 23.6. The van der Waals surface area contributed by atoms with E-state index in [0.29, 0.717) is 11.8 Å². The van der Waals surface area contributed by atoms with Gasteiger partial charge in [-0.05, 0) is 42.7 Å². The van der Waals surface area contributed by atoms with Gasteiger partial charge in [0.2, 0.25) is 11.0 Å². The van der Waals surface area contributed by atoms with Crippen LogP contribution in [0.4, 0.5) is 5.13 Å². The molecule has 1 aliphatic carbocycles. The van der Waals surface area contributed by atoms with Crippen LogP contribution in [0.1, 0.15) is 41.4 Å². The van der Waals surface area contributed by atoms with Crippen molar-refractivity contribution >= 4 is 33.9 Å². The molecule has 24 heavy (non-hydrogen) atoms. The Morgan fingerprint density at radius 1 is 1.25 bits per heavy atom. The van der Waals surface area contributed by atoms with Gasteiger partial charge in [-0.2, -0.15) is 4.37 Å². The lowest BCUT2D eigenvalue weighted by atomic mass is 10.0. The quantitative estimate of drug-likeness (QED) is 0.844. The SMILES string of the molecule is O=C(C1CCN(c2nc(C3CC3)ns2)C1)N1CCc2sccc2C1. The van der Waals surface area contributed by atoms with Crippen LogP contribution in [-0.4, -0.2) is 39.8 Å². The number of aromatic nitrogens is 2. The number of hydrogen-bond donors (Lipinski definition) is 0. The molecule has 4 heterocycles. The first-order chi connectivity index (χ1) is 11.8. The zero-order valence-electron chi connectivity index (χ0n) is 13.5. The molecule has 5 nitrogen and oxygen atoms in total. The Hall–Kier alpha value is -1.47. The number of rotatable bonds is 3. The molecule has 2 aromatic heterocycles. The van der Waals surface area contributed by atoms with Gasteiger partial charge in [-0.25, -0.2) is 4.98 Å². The fraction of sp³-hybridized carbons (Fsp3) is 0.588. The van der Waals surface area contributed by atoms with Crippen molar-refractivity contribution in [1.29, 1.82) is 0 Å². The third-order valence-corrected chi connectivity index (χ3v) is 7.11. The summed E-state index contributed by atoms with van der Waals surface area (Å²) in [6.45, 7) is 3.38. The summed E-state index contributed by atoms with van der Waals surface area (Å²) in [5, 5.41) is 3.15. The third kappa shape index (κ3) is 2.63. The van der Waals surface area contributed by atoms with Crippen molar-refractivity contribution in [1.82, 2.24) is 14.3 Å². The molecule has 126 valence electrons. The minimum atomic E-state index is 0.110. The largest absolute Gasteiger partial charge is 0.346 e. The van der Waals surface area contributed by atoms with Crippen LogP contribution < -0.4 is 4.90 Å². The van der Waals surface area contributed by atoms with Crippen molar-refractivity contribution < 1.29 is 4.79 Å². The second-order valence-electron chi connectivity index (χ2n) is 7.02. The highest BCUT2D eigenvalue weighted by Crippen LogP contribution is 2.40. The molecule has 5 rings (SSSR count). The van der Waals surface area contributed by atoms with Gasteiger partial charge in [-0.1, -0.05) is 0 Å². The Kier molecular flexibility index (Phi) is 3.59. The number of carbonyl (C=O) groups is 1. The second-order valence-corrected chi connectivity index (χ2v) is 8.75. The van der Waals surface area contributed by atoms with E-state index in [1.165, 1.54) is 34.8 Å². The molecule has 0 bridgehead atoms. The van der Waals surface area contributed by atoms with Gasteiger partial charge in [0.1, 0.15) is 5.82 Å². The summed E-state index contributed by atoms with van der Waals surface area (Å²) in [7, 11) is 0. The van der Waals surface area contributed by atoms with Crippen molar-refractivity contribution in [3.05, 3.63) is 27.7 Å². The van der Waals surface area contributed by atoms with Gasteiger partial charge in [0.15, 0.2) is 0 Å². The summed E-state index contributed by atoms with van der Waals surface area (Å²) < 4.78 is 4.50. The lowest BCUT2D eigenvalue weighted by Crippen LogP contribution is -2.40. The molecule has 1 atom stereocenters. The number of carbonyl (C=O) groups excluding carboxylic acids is 1. The first kappa shape index (κ1) is 14.8. The van der Waals surface area contributed by atoms with Crippen molar-refractivity contribution in [2.45, 2.75) is 38.1 Å². The smallest absolute Gasteiger partial charge is 0.227 e. The number of fused-ring (bicyclic) bond motifs is 1. The molecule has 0 N–H and O–H groups in total. The number of thiophene rings is 1. The van der Waals surface area contributed by atoms with E-state index in [1.807, 2.05) is 11.3 Å². The maximum absolute atomic E-state index is 12.9. The topological polar surface area (TPSA) is 49.3 Å². The maximum Gasteiger partial charge on any atom is 0.227 e. The zero-order chi connectivity index (χ0) is 16.1. The molecule has 1 amide bonds. The van der Waals surface area contributed by atoms with Crippen molar-refractivity contribution in [3.63, 3.8) is 0 Å². The van der Waals surface area contributed by atoms with Crippen LogP contribution in [0.5, 0.6) is 0 Å². The van der Waals surface area contributed by atoms with Gasteiger partial charge in [0.25, 0.3) is 0 Å². The summed E-state index contributed by atoms with van der Waals surface area (Å²) in [6.07, 6.45) is 4.41. The van der Waals surface area contributed by atoms with E-state index < -0.39 is 0 Å². The molecule has 0 aromatic carbocycles. The molecule has 3 aliphatic rings. The highest BCUT2D eigenvalue weighted by molar-refractivity contribution is 7.10. The van der Waals surface area contributed by atoms with Crippen LogP contribution >= 0.6 is 22.9 Å². The minimum Gasteiger partial charge on any atom is -0.346 e. The number of amides is 1. The lowest BCUT2D eigenvalue weighted by Gasteiger charge is -2.29. The van der Waals surface area contributed by atoms with Crippen LogP contribution in [0, 0.1) is 5.92 Å². The second kappa shape index (κ2) is 5.81. The Bertz CT molecular complexity index is 766. The van der Waals surface area contributed by atoms with E-state index in [2.05, 4.69) is 25.6 Å². The first-order valence-corrected chi connectivity index (χ1v) is 10.4. The monoisotopic (exact) mass is 360 g/mol. The van der Waals surface area contributed by atoms with E-state index in [9.17, 15) is 4.79 Å². The predicted molar refractivity (Wildman–Crippen MR) is 95.6 cm³/mol. The molecular weight excluding hydrogens is 340 g/mol. The summed E-state index contributed by atoms with van der Waals surface area (Å²) in [5.74, 6) is 2.05. The zero-order valence-corrected chi connectivity index (χ0v) is 15.1. The van der Waals surface area contributed by atoms with E-state index >= 15 is 0 Å². The van der Waals surface area contributed by atoms with Crippen LogP contribution in [0.15, 0.2) is 11.4 Å². The average molecular weight is 361 g/mol. The first-order valence-electron chi connectivity index (χ1n) is 8.70. The van der Waals surface area contributed by atoms with Gasteiger partial charge in [0.05, 0.1) is 5.92 Å². The van der Waals surface area contributed by atoms with E-state index in [1.54, 1.807) is 0 Å². The van der Waals surface area contributed by atoms with E-state index in [0.717, 1.165) is 50.0 Å². The molecule has 0 radical (unpaired) electrons. The van der Waals surface area contributed by atoms with Gasteiger partial charge < -0.3 is 9.80 Å². The molecule has 1 saturated heterocycles. The number of nitrogens with zero attached hydrogens (tertiary/aromatic N) is 4. The van der Waals surface area contributed by atoms with E-state index in [4.69, 9.17) is 4.98 Å². The van der Waals surface area contributed by atoms with Crippen LogP contribution in [-0.2, 0) is 17.8 Å². The van der Waals surface area contributed by atoms with Gasteiger partial charge in [-0.3, -0.25) is 4.79 Å². The summed E-state index contributed by atoms with van der Waals surface area (Å²) in [5.41, 5.74) is 1.34. The predicted octanol–water partition coefficient (Wildman–Crippen LogP) is 2.89. The Morgan fingerprint density at radius 2 is 2.17 bits per heavy atom. The van der Waals surface area contributed by atoms with Crippen molar-refractivity contribution in [2.75, 3.05) is 24.5 Å². The van der Waals surface area contributed by atoms with Crippen molar-refractivity contribution in [3.8, 4) is 0 Å². The molecule has 2 aliphatic heterocycles. The standard InChI is InChI=1S/C17H20N4OS2/c22-16(20-7-4-14-12(9-20)5-8-23-14)13-3-6-21(10-13)17-18-15(19-24-17)11-1-2-11/h5,8,11,13H,1-4,6-7,9-10H2. The molecule has 0 spiro atoms. The van der Waals surface area contributed by atoms with E-state index in [-0.39, 0.29) is 5.92 Å². The molecule has 1 saturated carbocycles. The summed E-state index contributed by atoms with van der Waals surface area (Å²) in [6, 6.07) is 2.17. The van der Waals surface area contributed by atoms with Gasteiger partial charge in [0, 0.05) is 48.5 Å². The summed E-state index contributed by atoms with van der Waals surface area (Å²) in [4.78, 5) is 23.4. The summed E-state index contributed by atoms with van der Waals surface area (Å²) >= 11 is 3.32. The van der Waals surface area contributed by atoms with Crippen LogP contribution in [0.3, 0.4) is 0 Å². The van der Waals surface area contributed by atoms with Crippen LogP contribution in [0.2, 0.25) is 0 Å². The number of hydrogen-bond acceptors (Lipinski definition) is 6. The Labute approximate surface area is 149 Å².